The first-order valence-corrected chi connectivity index (χ1v) is 9.79. The lowest BCUT2D eigenvalue weighted by Gasteiger charge is -2.21. The zero-order valence-corrected chi connectivity index (χ0v) is 16.7. The van der Waals surface area contributed by atoms with Crippen molar-refractivity contribution in [2.24, 2.45) is 0 Å². The summed E-state index contributed by atoms with van der Waals surface area (Å²) in [6.07, 6.45) is 0.441. The van der Waals surface area contributed by atoms with E-state index in [2.05, 4.69) is 5.32 Å². The van der Waals surface area contributed by atoms with Crippen molar-refractivity contribution < 1.29 is 19.5 Å². The van der Waals surface area contributed by atoms with Gasteiger partial charge in [0.2, 0.25) is 11.6 Å². The molecule has 0 saturated carbocycles. The number of carbonyl (C=O) groups is 3. The number of anilines is 1. The molecule has 0 atom stereocenters. The zero-order chi connectivity index (χ0) is 20.7. The van der Waals surface area contributed by atoms with E-state index in [-0.39, 0.29) is 11.6 Å². The molecule has 3 fully saturated rings. The number of hydrogen-bond acceptors (Lipinski definition) is 6. The molecule has 0 bridgehead atoms. The van der Waals surface area contributed by atoms with Crippen molar-refractivity contribution in [3.63, 3.8) is 0 Å². The topological polar surface area (TPSA) is 92.5 Å². The molecule has 0 aromatic heterocycles. The fourth-order valence-electron chi connectivity index (χ4n) is 3.12. The van der Waals surface area contributed by atoms with Crippen molar-refractivity contribution in [1.82, 2.24) is 14.7 Å². The Bertz CT molecular complexity index is 959. The molecule has 2 N–H and O–H groups in total. The van der Waals surface area contributed by atoms with Gasteiger partial charge in [-0.05, 0) is 24.6 Å². The number of hydrogen-bond donors (Lipinski definition) is 2. The summed E-state index contributed by atoms with van der Waals surface area (Å²) in [5.74, 6) is 0.0485. The smallest absolute Gasteiger partial charge is 0.409 e. The number of halogens is 1. The lowest BCUT2D eigenvalue weighted by atomic mass is 10.0. The first-order chi connectivity index (χ1) is 13.8. The largest absolute Gasteiger partial charge is 0.465 e. The average molecular weight is 417 g/mol. The Morgan fingerprint density at radius 2 is 1.59 bits per heavy atom. The average Bonchev–Trinajstić information content (AvgIpc) is 3.52. The molecule has 3 heterocycles. The Balaban J connectivity index is 0.000000152. The standard InChI is InChI=1S/C12H13N3O2.C8H8ClNO2/c16-9-7-8(13-1-2-13)12(17)11(15-5-6-15)10(9)14-3-4-14;1-5-2-3-6(9)4-7(5)10-8(11)12/h7H,1-6H2;2-4,10H,1H3,(H,11,12). The predicted octanol–water partition coefficient (Wildman–Crippen LogP) is 1.92. The lowest BCUT2D eigenvalue weighted by Crippen LogP contribution is -2.29. The second-order valence-electron chi connectivity index (χ2n) is 7.27. The van der Waals surface area contributed by atoms with Crippen LogP contribution in [0.3, 0.4) is 0 Å². The first-order valence-electron chi connectivity index (χ1n) is 9.41. The van der Waals surface area contributed by atoms with Crippen LogP contribution in [0.1, 0.15) is 5.56 Å². The van der Waals surface area contributed by atoms with Crippen LogP contribution in [0.25, 0.3) is 0 Å². The highest BCUT2D eigenvalue weighted by molar-refractivity contribution is 6.31. The number of Topliss-reactive ketones (excluding diaryl/α,β-unsaturated/α-hetero) is 1. The molecule has 9 heteroatoms. The summed E-state index contributed by atoms with van der Waals surface area (Å²) in [6.45, 7) is 7.21. The number of amides is 1. The number of rotatable bonds is 4. The van der Waals surface area contributed by atoms with Crippen LogP contribution in [0.15, 0.2) is 41.4 Å². The van der Waals surface area contributed by atoms with E-state index in [4.69, 9.17) is 16.7 Å². The number of allylic oxidation sites excluding steroid dienone is 1. The van der Waals surface area contributed by atoms with Crippen molar-refractivity contribution in [3.05, 3.63) is 52.0 Å². The molecule has 5 rings (SSSR count). The number of carboxylic acid groups (broad SMARTS) is 1. The van der Waals surface area contributed by atoms with E-state index in [0.29, 0.717) is 27.8 Å². The molecule has 0 unspecified atom stereocenters. The van der Waals surface area contributed by atoms with E-state index in [1.807, 2.05) is 21.6 Å². The quantitative estimate of drug-likeness (QED) is 0.572. The third-order valence-corrected chi connectivity index (χ3v) is 5.16. The SMILES string of the molecule is Cc1ccc(Cl)cc1NC(=O)O.O=C1C=C(N2CC2)C(=O)C(N2CC2)=C1N1CC1. The van der Waals surface area contributed by atoms with E-state index in [0.717, 1.165) is 44.8 Å². The molecule has 1 amide bonds. The van der Waals surface area contributed by atoms with Crippen LogP contribution < -0.4 is 5.32 Å². The molecule has 1 aromatic rings. The number of benzene rings is 1. The monoisotopic (exact) mass is 416 g/mol. The molecule has 0 radical (unpaired) electrons. The number of ketones is 2. The van der Waals surface area contributed by atoms with Crippen LogP contribution in [0.5, 0.6) is 0 Å². The van der Waals surface area contributed by atoms with Crippen LogP contribution in [0, 0.1) is 6.92 Å². The van der Waals surface area contributed by atoms with Gasteiger partial charge in [0.1, 0.15) is 11.4 Å². The molecule has 1 aliphatic carbocycles. The molecular formula is C20H21ClN4O4. The maximum Gasteiger partial charge on any atom is 0.409 e. The van der Waals surface area contributed by atoms with Crippen molar-refractivity contribution in [1.29, 1.82) is 0 Å². The lowest BCUT2D eigenvalue weighted by molar-refractivity contribution is -0.117. The summed E-state index contributed by atoms with van der Waals surface area (Å²) in [5, 5.41) is 11.2. The fourth-order valence-corrected chi connectivity index (χ4v) is 3.29. The van der Waals surface area contributed by atoms with Gasteiger partial charge in [0.25, 0.3) is 0 Å². The molecule has 8 nitrogen and oxygen atoms in total. The molecular weight excluding hydrogens is 396 g/mol. The third kappa shape index (κ3) is 4.37. The van der Waals surface area contributed by atoms with Gasteiger partial charge in [0.15, 0.2) is 0 Å². The van der Waals surface area contributed by atoms with Gasteiger partial charge in [0, 0.05) is 56.1 Å². The Morgan fingerprint density at radius 1 is 1.00 bits per heavy atom. The van der Waals surface area contributed by atoms with Gasteiger partial charge in [-0.3, -0.25) is 14.9 Å². The number of nitrogens with zero attached hydrogens (tertiary/aromatic N) is 3. The fraction of sp³-hybridized carbons (Fsp3) is 0.350. The minimum absolute atomic E-state index is 0.00546. The number of aryl methyl sites for hydroxylation is 1. The van der Waals surface area contributed by atoms with Gasteiger partial charge in [-0.25, -0.2) is 4.79 Å². The Morgan fingerprint density at radius 3 is 2.14 bits per heavy atom. The molecule has 4 aliphatic rings. The Labute approximate surface area is 173 Å². The number of carbonyl (C=O) groups excluding carboxylic acids is 2. The summed E-state index contributed by atoms with van der Waals surface area (Å²) in [7, 11) is 0. The minimum atomic E-state index is -1.08. The Kier molecular flexibility index (Phi) is 4.96. The minimum Gasteiger partial charge on any atom is -0.465 e. The molecule has 3 saturated heterocycles. The van der Waals surface area contributed by atoms with E-state index in [1.54, 1.807) is 18.2 Å². The maximum atomic E-state index is 12.4. The first kappa shape index (κ1) is 19.3. The van der Waals surface area contributed by atoms with E-state index >= 15 is 0 Å². The van der Waals surface area contributed by atoms with Crippen LogP contribution in [-0.4, -0.2) is 76.7 Å². The molecule has 1 aromatic carbocycles. The van der Waals surface area contributed by atoms with E-state index in [1.165, 1.54) is 6.08 Å². The van der Waals surface area contributed by atoms with Crippen molar-refractivity contribution in [2.75, 3.05) is 44.6 Å². The summed E-state index contributed by atoms with van der Waals surface area (Å²) < 4.78 is 0. The molecule has 29 heavy (non-hydrogen) atoms. The van der Waals surface area contributed by atoms with Gasteiger partial charge >= 0.3 is 6.09 Å². The van der Waals surface area contributed by atoms with E-state index < -0.39 is 6.09 Å². The maximum absolute atomic E-state index is 12.4. The van der Waals surface area contributed by atoms with Crippen LogP contribution in [0.2, 0.25) is 5.02 Å². The normalized spacial score (nSPS) is 19.5. The van der Waals surface area contributed by atoms with Gasteiger partial charge in [-0.1, -0.05) is 17.7 Å². The van der Waals surface area contributed by atoms with Gasteiger partial charge in [-0.15, -0.1) is 0 Å². The second kappa shape index (κ2) is 7.44. The molecule has 152 valence electrons. The number of nitrogens with one attached hydrogen (secondary N) is 1. The highest BCUT2D eigenvalue weighted by Crippen LogP contribution is 2.33. The third-order valence-electron chi connectivity index (χ3n) is 4.93. The van der Waals surface area contributed by atoms with Crippen LogP contribution in [0.4, 0.5) is 10.5 Å². The Hall–Kier alpha value is -3.00. The molecule has 0 spiro atoms. The molecule has 3 aliphatic heterocycles. The zero-order valence-electron chi connectivity index (χ0n) is 15.9. The van der Waals surface area contributed by atoms with Gasteiger partial charge in [-0.2, -0.15) is 0 Å². The van der Waals surface area contributed by atoms with Crippen molar-refractivity contribution >= 4 is 34.9 Å². The van der Waals surface area contributed by atoms with Crippen molar-refractivity contribution in [3.8, 4) is 0 Å². The summed E-state index contributed by atoms with van der Waals surface area (Å²) in [4.78, 5) is 40.7. The second-order valence-corrected chi connectivity index (χ2v) is 7.71. The highest BCUT2D eigenvalue weighted by atomic mass is 35.5. The van der Waals surface area contributed by atoms with Gasteiger partial charge < -0.3 is 19.8 Å². The summed E-state index contributed by atoms with van der Waals surface area (Å²) in [5.41, 5.74) is 3.26. The van der Waals surface area contributed by atoms with Gasteiger partial charge in [0.05, 0.1) is 5.70 Å². The predicted molar refractivity (Wildman–Crippen MR) is 108 cm³/mol. The van der Waals surface area contributed by atoms with Crippen LogP contribution >= 0.6 is 11.6 Å². The van der Waals surface area contributed by atoms with Crippen molar-refractivity contribution in [2.45, 2.75) is 6.92 Å². The van der Waals surface area contributed by atoms with E-state index in [9.17, 15) is 14.4 Å². The summed E-state index contributed by atoms with van der Waals surface area (Å²) >= 11 is 5.67. The summed E-state index contributed by atoms with van der Waals surface area (Å²) in [6, 6.07) is 5.04. The van der Waals surface area contributed by atoms with Crippen LogP contribution in [-0.2, 0) is 9.59 Å². The highest BCUT2D eigenvalue weighted by Gasteiger charge is 2.43.